The van der Waals surface area contributed by atoms with Crippen molar-refractivity contribution >= 4 is 21.6 Å². The molecule has 2 N–H and O–H groups in total. The summed E-state index contributed by atoms with van der Waals surface area (Å²) in [6.45, 7) is 1.94. The molecule has 0 fully saturated rings. The minimum Gasteiger partial charge on any atom is -0.440 e. The van der Waals surface area contributed by atoms with E-state index in [9.17, 15) is 8.42 Å². The third-order valence-electron chi connectivity index (χ3n) is 4.69. The lowest BCUT2D eigenvalue weighted by molar-refractivity contribution is 0.518. The molecule has 0 aliphatic heterocycles. The zero-order chi connectivity index (χ0) is 21.3. The summed E-state index contributed by atoms with van der Waals surface area (Å²) in [6, 6.07) is 21.8. The molecule has 1 heterocycles. The zero-order valence-electron chi connectivity index (χ0n) is 16.2. The molecule has 152 valence electrons. The molecular formula is C23H19ClN2O3S. The van der Waals surface area contributed by atoms with Crippen LogP contribution in [0.3, 0.4) is 0 Å². The number of halogens is 1. The Balaban J connectivity index is 1.93. The van der Waals surface area contributed by atoms with Crippen molar-refractivity contribution in [2.24, 2.45) is 5.14 Å². The second-order valence-corrected chi connectivity index (χ2v) is 8.91. The molecule has 0 unspecified atom stereocenters. The number of benzene rings is 3. The standard InChI is InChI=1S/C23H19ClN2O3S/c1-15-11-12-17(19(24)13-15)22-23(18-9-5-6-10-20(18)30(25,27)28)29-21(26-22)14-16-7-3-2-4-8-16/h2-13H,14H2,1H3,(H2,25,27,28). The molecule has 0 spiro atoms. The lowest BCUT2D eigenvalue weighted by Gasteiger charge is -2.08. The largest absolute Gasteiger partial charge is 0.440 e. The summed E-state index contributed by atoms with van der Waals surface area (Å²) < 4.78 is 30.4. The van der Waals surface area contributed by atoms with E-state index in [1.54, 1.807) is 18.2 Å². The van der Waals surface area contributed by atoms with Crippen LogP contribution >= 0.6 is 11.6 Å². The highest BCUT2D eigenvalue weighted by Crippen LogP contribution is 2.39. The second-order valence-electron chi connectivity index (χ2n) is 6.97. The van der Waals surface area contributed by atoms with Crippen LogP contribution in [0.5, 0.6) is 0 Å². The van der Waals surface area contributed by atoms with Crippen LogP contribution in [-0.2, 0) is 16.4 Å². The monoisotopic (exact) mass is 438 g/mol. The number of hydrogen-bond donors (Lipinski definition) is 1. The summed E-state index contributed by atoms with van der Waals surface area (Å²) in [6.07, 6.45) is 0.453. The van der Waals surface area contributed by atoms with E-state index in [0.29, 0.717) is 39.9 Å². The number of primary sulfonamides is 1. The van der Waals surface area contributed by atoms with Gasteiger partial charge in [0, 0.05) is 17.5 Å². The van der Waals surface area contributed by atoms with E-state index in [-0.39, 0.29) is 4.90 Å². The van der Waals surface area contributed by atoms with Crippen LogP contribution in [0.4, 0.5) is 0 Å². The van der Waals surface area contributed by atoms with Crippen LogP contribution in [0.2, 0.25) is 5.02 Å². The first-order valence-electron chi connectivity index (χ1n) is 9.25. The van der Waals surface area contributed by atoms with Crippen LogP contribution in [0.1, 0.15) is 17.0 Å². The number of aryl methyl sites for hydroxylation is 1. The molecule has 0 radical (unpaired) electrons. The van der Waals surface area contributed by atoms with Gasteiger partial charge in [-0.1, -0.05) is 66.2 Å². The molecule has 0 saturated heterocycles. The fraction of sp³-hybridized carbons (Fsp3) is 0.0870. The molecule has 4 rings (SSSR count). The normalized spacial score (nSPS) is 11.6. The van der Waals surface area contributed by atoms with Crippen LogP contribution in [0.15, 0.2) is 82.1 Å². The summed E-state index contributed by atoms with van der Waals surface area (Å²) in [5.41, 5.74) is 3.50. The number of nitrogens with zero attached hydrogens (tertiary/aromatic N) is 1. The van der Waals surface area contributed by atoms with Gasteiger partial charge < -0.3 is 4.42 Å². The number of aromatic nitrogens is 1. The van der Waals surface area contributed by atoms with Crippen molar-refractivity contribution in [2.45, 2.75) is 18.2 Å². The molecule has 7 heteroatoms. The van der Waals surface area contributed by atoms with Gasteiger partial charge in [-0.25, -0.2) is 18.5 Å². The second kappa shape index (κ2) is 8.07. The first-order valence-corrected chi connectivity index (χ1v) is 11.2. The predicted octanol–water partition coefficient (Wildman–Crippen LogP) is 5.21. The molecule has 0 saturated carbocycles. The molecule has 0 amide bonds. The van der Waals surface area contributed by atoms with Crippen molar-refractivity contribution < 1.29 is 12.8 Å². The van der Waals surface area contributed by atoms with Crippen LogP contribution in [0, 0.1) is 6.92 Å². The predicted molar refractivity (Wildman–Crippen MR) is 118 cm³/mol. The molecule has 0 bridgehead atoms. The van der Waals surface area contributed by atoms with Crippen molar-refractivity contribution in [3.63, 3.8) is 0 Å². The number of hydrogen-bond acceptors (Lipinski definition) is 4. The van der Waals surface area contributed by atoms with E-state index in [4.69, 9.17) is 21.2 Å². The number of rotatable bonds is 5. The summed E-state index contributed by atoms with van der Waals surface area (Å²) in [5.74, 6) is 0.767. The first-order chi connectivity index (χ1) is 14.3. The van der Waals surface area contributed by atoms with Gasteiger partial charge in [-0.3, -0.25) is 0 Å². The Hall–Kier alpha value is -2.93. The van der Waals surface area contributed by atoms with Gasteiger partial charge in [0.05, 0.1) is 9.92 Å². The molecule has 4 aromatic rings. The van der Waals surface area contributed by atoms with Crippen LogP contribution < -0.4 is 5.14 Å². The maximum Gasteiger partial charge on any atom is 0.238 e. The van der Waals surface area contributed by atoms with E-state index in [0.717, 1.165) is 11.1 Å². The van der Waals surface area contributed by atoms with Crippen molar-refractivity contribution in [3.8, 4) is 22.6 Å². The van der Waals surface area contributed by atoms with Crippen LogP contribution in [0.25, 0.3) is 22.6 Å². The topological polar surface area (TPSA) is 86.2 Å². The van der Waals surface area contributed by atoms with Gasteiger partial charge in [-0.15, -0.1) is 0 Å². The van der Waals surface area contributed by atoms with Crippen molar-refractivity contribution in [1.29, 1.82) is 0 Å². The maximum atomic E-state index is 12.2. The average molecular weight is 439 g/mol. The lowest BCUT2D eigenvalue weighted by atomic mass is 10.0. The fourth-order valence-corrected chi connectivity index (χ4v) is 4.35. The third kappa shape index (κ3) is 4.16. The van der Waals surface area contributed by atoms with Gasteiger partial charge in [-0.2, -0.15) is 0 Å². The number of nitrogens with two attached hydrogens (primary N) is 1. The molecular weight excluding hydrogens is 420 g/mol. The maximum absolute atomic E-state index is 12.2. The minimum absolute atomic E-state index is 0.0307. The Morgan fingerprint density at radius 2 is 1.67 bits per heavy atom. The molecule has 0 aliphatic rings. The summed E-state index contributed by atoms with van der Waals surface area (Å²) in [5, 5.41) is 5.95. The lowest BCUT2D eigenvalue weighted by Crippen LogP contribution is -2.13. The van der Waals surface area contributed by atoms with E-state index < -0.39 is 10.0 Å². The highest BCUT2D eigenvalue weighted by molar-refractivity contribution is 7.89. The molecule has 5 nitrogen and oxygen atoms in total. The SMILES string of the molecule is Cc1ccc(-c2nc(Cc3ccccc3)oc2-c2ccccc2S(N)(=O)=O)c(Cl)c1. The Bertz CT molecular complexity index is 1320. The summed E-state index contributed by atoms with van der Waals surface area (Å²) >= 11 is 6.50. The average Bonchev–Trinajstić information content (AvgIpc) is 3.11. The van der Waals surface area contributed by atoms with Crippen molar-refractivity contribution in [1.82, 2.24) is 4.98 Å². The van der Waals surface area contributed by atoms with E-state index in [1.165, 1.54) is 6.07 Å². The van der Waals surface area contributed by atoms with Gasteiger partial charge >= 0.3 is 0 Å². The molecule has 3 aromatic carbocycles. The van der Waals surface area contributed by atoms with Crippen molar-refractivity contribution in [3.05, 3.63) is 94.8 Å². The molecule has 0 aliphatic carbocycles. The zero-order valence-corrected chi connectivity index (χ0v) is 17.7. The van der Waals surface area contributed by atoms with E-state index in [1.807, 2.05) is 55.5 Å². The summed E-state index contributed by atoms with van der Waals surface area (Å²) in [7, 11) is -3.97. The first kappa shape index (κ1) is 20.3. The van der Waals surface area contributed by atoms with E-state index in [2.05, 4.69) is 4.98 Å². The number of sulfonamides is 1. The van der Waals surface area contributed by atoms with Crippen molar-refractivity contribution in [2.75, 3.05) is 0 Å². The Morgan fingerprint density at radius 1 is 0.967 bits per heavy atom. The molecule has 0 atom stereocenters. The smallest absolute Gasteiger partial charge is 0.238 e. The summed E-state index contributed by atoms with van der Waals surface area (Å²) in [4.78, 5) is 4.65. The Labute approximate surface area is 180 Å². The molecule has 1 aromatic heterocycles. The fourth-order valence-electron chi connectivity index (χ4n) is 3.29. The van der Waals surface area contributed by atoms with Crippen LogP contribution in [-0.4, -0.2) is 13.4 Å². The minimum atomic E-state index is -3.97. The Kier molecular flexibility index (Phi) is 5.47. The molecule has 30 heavy (non-hydrogen) atoms. The highest BCUT2D eigenvalue weighted by atomic mass is 35.5. The van der Waals surface area contributed by atoms with Gasteiger partial charge in [0.15, 0.2) is 11.7 Å². The third-order valence-corrected chi connectivity index (χ3v) is 5.97. The quantitative estimate of drug-likeness (QED) is 0.463. The highest BCUT2D eigenvalue weighted by Gasteiger charge is 2.24. The van der Waals surface area contributed by atoms with Gasteiger partial charge in [0.2, 0.25) is 10.0 Å². The van der Waals surface area contributed by atoms with Gasteiger partial charge in [0.25, 0.3) is 0 Å². The number of oxazole rings is 1. The van der Waals surface area contributed by atoms with Gasteiger partial charge in [0.1, 0.15) is 5.69 Å². The van der Waals surface area contributed by atoms with Gasteiger partial charge in [-0.05, 0) is 36.2 Å². The van der Waals surface area contributed by atoms with E-state index >= 15 is 0 Å². The Morgan fingerprint density at radius 3 is 2.37 bits per heavy atom.